The van der Waals surface area contributed by atoms with E-state index in [1.165, 1.54) is 23.8 Å². The zero-order chi connectivity index (χ0) is 17.4. The number of amides is 1. The summed E-state index contributed by atoms with van der Waals surface area (Å²) in [4.78, 5) is 22.1. The van der Waals surface area contributed by atoms with E-state index >= 15 is 0 Å². The van der Waals surface area contributed by atoms with Crippen LogP contribution in [0.1, 0.15) is 24.8 Å². The van der Waals surface area contributed by atoms with E-state index < -0.39 is 4.92 Å². The van der Waals surface area contributed by atoms with Gasteiger partial charge in [0.2, 0.25) is 0 Å². The third-order valence-corrected chi connectivity index (χ3v) is 3.71. The number of hydrogen-bond acceptors (Lipinski definition) is 4. The Morgan fingerprint density at radius 3 is 2.62 bits per heavy atom. The molecule has 24 heavy (non-hydrogen) atoms. The van der Waals surface area contributed by atoms with Crippen molar-refractivity contribution in [2.45, 2.75) is 19.3 Å². The van der Waals surface area contributed by atoms with Gasteiger partial charge in [0.1, 0.15) is 5.75 Å². The highest BCUT2D eigenvalue weighted by Gasteiger charge is 2.12. The van der Waals surface area contributed by atoms with E-state index in [1.54, 1.807) is 6.07 Å². The molecule has 0 saturated heterocycles. The first-order valence-electron chi connectivity index (χ1n) is 7.79. The fourth-order valence-corrected chi connectivity index (χ4v) is 2.35. The number of carbonyl (C=O) groups excluding carboxylic acids is 1. The number of non-ortho nitro benzene ring substituents is 1. The third-order valence-electron chi connectivity index (χ3n) is 3.71. The number of ether oxygens (including phenoxy) is 1. The molecule has 1 unspecified atom stereocenters. The van der Waals surface area contributed by atoms with Gasteiger partial charge < -0.3 is 10.1 Å². The van der Waals surface area contributed by atoms with Gasteiger partial charge in [0.25, 0.3) is 11.6 Å². The van der Waals surface area contributed by atoms with Crippen molar-refractivity contribution < 1.29 is 14.5 Å². The fourth-order valence-electron chi connectivity index (χ4n) is 2.35. The second kappa shape index (κ2) is 8.67. The molecule has 6 nitrogen and oxygen atoms in total. The number of nitrogens with one attached hydrogen (secondary N) is 1. The molecule has 0 bridgehead atoms. The molecule has 1 amide bonds. The average molecular weight is 328 g/mol. The lowest BCUT2D eigenvalue weighted by Crippen LogP contribution is -2.32. The summed E-state index contributed by atoms with van der Waals surface area (Å²) in [7, 11) is 0. The maximum absolute atomic E-state index is 11.9. The minimum Gasteiger partial charge on any atom is -0.484 e. The predicted octanol–water partition coefficient (Wildman–Crippen LogP) is 3.28. The van der Waals surface area contributed by atoms with Gasteiger partial charge in [-0.15, -0.1) is 0 Å². The van der Waals surface area contributed by atoms with Crippen LogP contribution in [0.5, 0.6) is 5.75 Å². The smallest absolute Gasteiger partial charge is 0.273 e. The zero-order valence-electron chi connectivity index (χ0n) is 13.5. The van der Waals surface area contributed by atoms with Gasteiger partial charge in [-0.3, -0.25) is 14.9 Å². The lowest BCUT2D eigenvalue weighted by Gasteiger charge is -2.16. The van der Waals surface area contributed by atoms with Gasteiger partial charge in [0, 0.05) is 18.5 Å². The van der Waals surface area contributed by atoms with E-state index in [4.69, 9.17) is 4.74 Å². The van der Waals surface area contributed by atoms with Crippen LogP contribution in [-0.2, 0) is 4.79 Å². The molecule has 0 fully saturated rings. The fraction of sp³-hybridized carbons (Fsp3) is 0.278. The van der Waals surface area contributed by atoms with Crippen LogP contribution >= 0.6 is 0 Å². The molecular weight excluding hydrogens is 308 g/mol. The Morgan fingerprint density at radius 1 is 1.21 bits per heavy atom. The Hall–Kier alpha value is -2.89. The van der Waals surface area contributed by atoms with Gasteiger partial charge in [-0.25, -0.2) is 0 Å². The summed E-state index contributed by atoms with van der Waals surface area (Å²) in [5.74, 6) is 0.290. The summed E-state index contributed by atoms with van der Waals surface area (Å²) >= 11 is 0. The first kappa shape index (κ1) is 17.5. The minimum atomic E-state index is -0.501. The Labute approximate surface area is 140 Å². The zero-order valence-corrected chi connectivity index (χ0v) is 13.5. The summed E-state index contributed by atoms with van der Waals surface area (Å²) in [6.45, 7) is 2.42. The molecule has 1 N–H and O–H groups in total. The molecule has 126 valence electrons. The normalized spacial score (nSPS) is 11.5. The van der Waals surface area contributed by atoms with E-state index in [0.717, 1.165) is 6.42 Å². The van der Waals surface area contributed by atoms with Crippen molar-refractivity contribution in [3.05, 3.63) is 70.3 Å². The summed E-state index contributed by atoms with van der Waals surface area (Å²) in [6.07, 6.45) is 0.913. The second-order valence-electron chi connectivity index (χ2n) is 5.36. The summed E-state index contributed by atoms with van der Waals surface area (Å²) in [5, 5.41) is 13.5. The summed E-state index contributed by atoms with van der Waals surface area (Å²) < 4.78 is 5.31. The topological polar surface area (TPSA) is 81.5 Å². The van der Waals surface area contributed by atoms with Crippen LogP contribution in [0.15, 0.2) is 54.6 Å². The largest absolute Gasteiger partial charge is 0.484 e. The predicted molar refractivity (Wildman–Crippen MR) is 91.1 cm³/mol. The van der Waals surface area contributed by atoms with Crippen LogP contribution in [0.4, 0.5) is 5.69 Å². The van der Waals surface area contributed by atoms with Crippen molar-refractivity contribution in [1.82, 2.24) is 5.32 Å². The number of hydrogen-bond donors (Lipinski definition) is 1. The van der Waals surface area contributed by atoms with Crippen molar-refractivity contribution in [3.63, 3.8) is 0 Å². The molecule has 2 aromatic carbocycles. The number of carbonyl (C=O) groups is 1. The van der Waals surface area contributed by atoms with Gasteiger partial charge in [0.05, 0.1) is 11.0 Å². The van der Waals surface area contributed by atoms with E-state index in [9.17, 15) is 14.9 Å². The standard InChI is InChI=1S/C18H20N2O4/c1-2-14(15-7-4-3-5-8-15)12-19-18(21)13-24-17-10-6-9-16(11-17)20(22)23/h3-11,14H,2,12-13H2,1H3,(H,19,21). The number of rotatable bonds is 8. The van der Waals surface area contributed by atoms with Gasteiger partial charge in [-0.2, -0.15) is 0 Å². The van der Waals surface area contributed by atoms with Crippen LogP contribution in [-0.4, -0.2) is 24.0 Å². The Morgan fingerprint density at radius 2 is 1.96 bits per heavy atom. The van der Waals surface area contributed by atoms with E-state index in [1.807, 2.05) is 30.3 Å². The minimum absolute atomic E-state index is 0.0666. The van der Waals surface area contributed by atoms with Crippen LogP contribution in [0.2, 0.25) is 0 Å². The highest BCUT2D eigenvalue weighted by molar-refractivity contribution is 5.77. The molecule has 6 heteroatoms. The second-order valence-corrected chi connectivity index (χ2v) is 5.36. The Kier molecular flexibility index (Phi) is 6.31. The van der Waals surface area contributed by atoms with E-state index in [-0.39, 0.29) is 24.1 Å². The van der Waals surface area contributed by atoms with Gasteiger partial charge in [-0.05, 0) is 18.1 Å². The Balaban J connectivity index is 1.83. The van der Waals surface area contributed by atoms with E-state index in [2.05, 4.69) is 12.2 Å². The van der Waals surface area contributed by atoms with Crippen molar-refractivity contribution in [3.8, 4) is 5.75 Å². The maximum atomic E-state index is 11.9. The summed E-state index contributed by atoms with van der Waals surface area (Å²) in [5.41, 5.74) is 1.11. The highest BCUT2D eigenvalue weighted by atomic mass is 16.6. The number of benzene rings is 2. The SMILES string of the molecule is CCC(CNC(=O)COc1cccc([N+](=O)[O-])c1)c1ccccc1. The van der Waals surface area contributed by atoms with Crippen molar-refractivity contribution in [2.24, 2.45) is 0 Å². The molecule has 0 aliphatic heterocycles. The average Bonchev–Trinajstić information content (AvgIpc) is 2.61. The first-order chi connectivity index (χ1) is 11.6. The van der Waals surface area contributed by atoms with Gasteiger partial charge >= 0.3 is 0 Å². The quantitative estimate of drug-likeness (QED) is 0.595. The highest BCUT2D eigenvalue weighted by Crippen LogP contribution is 2.19. The molecule has 2 aromatic rings. The summed E-state index contributed by atoms with van der Waals surface area (Å²) in [6, 6.07) is 15.8. The molecule has 0 spiro atoms. The van der Waals surface area contributed by atoms with Crippen LogP contribution in [0.3, 0.4) is 0 Å². The molecule has 2 rings (SSSR count). The number of nitro benzene ring substituents is 1. The van der Waals surface area contributed by atoms with Gasteiger partial charge in [0.15, 0.2) is 6.61 Å². The lowest BCUT2D eigenvalue weighted by molar-refractivity contribution is -0.384. The number of nitrogens with zero attached hydrogens (tertiary/aromatic N) is 1. The molecule has 0 saturated carbocycles. The number of nitro groups is 1. The van der Waals surface area contributed by atoms with Crippen LogP contribution in [0.25, 0.3) is 0 Å². The molecular formula is C18H20N2O4. The maximum Gasteiger partial charge on any atom is 0.273 e. The molecule has 0 heterocycles. The molecule has 1 atom stereocenters. The third kappa shape index (κ3) is 5.08. The van der Waals surface area contributed by atoms with Crippen LogP contribution in [0, 0.1) is 10.1 Å². The first-order valence-corrected chi connectivity index (χ1v) is 7.79. The molecule has 0 aromatic heterocycles. The van der Waals surface area contributed by atoms with Crippen molar-refractivity contribution in [2.75, 3.05) is 13.2 Å². The van der Waals surface area contributed by atoms with Crippen molar-refractivity contribution >= 4 is 11.6 Å². The molecule has 0 aliphatic rings. The lowest BCUT2D eigenvalue weighted by atomic mass is 9.96. The van der Waals surface area contributed by atoms with Gasteiger partial charge in [-0.1, -0.05) is 43.3 Å². The van der Waals surface area contributed by atoms with E-state index in [0.29, 0.717) is 12.3 Å². The Bertz CT molecular complexity index is 688. The van der Waals surface area contributed by atoms with Crippen LogP contribution < -0.4 is 10.1 Å². The van der Waals surface area contributed by atoms with Crippen molar-refractivity contribution in [1.29, 1.82) is 0 Å². The molecule has 0 aliphatic carbocycles. The monoisotopic (exact) mass is 328 g/mol. The molecule has 0 radical (unpaired) electrons.